The number of carbonyl (C=O) groups excluding carboxylic acids is 2. The maximum Gasteiger partial charge on any atom is 0.309 e. The Hall–Kier alpha value is -0.0600. The Bertz CT molecular complexity index is 129. The average Bonchev–Trinajstić information content (AvgIpc) is 1.97. The number of ether oxygens (including phenoxy) is 2. The number of carbonyl (C=O) groups is 2. The van der Waals surface area contributed by atoms with E-state index >= 15 is 0 Å². The molecule has 0 atom stereocenters. The summed E-state index contributed by atoms with van der Waals surface area (Å²) in [5.41, 5.74) is 0. The summed E-state index contributed by atoms with van der Waals surface area (Å²) >= 11 is 0. The van der Waals surface area contributed by atoms with Crippen LogP contribution in [0.4, 0.5) is 0 Å². The van der Waals surface area contributed by atoms with Gasteiger partial charge in [0.1, 0.15) is 0 Å². The van der Waals surface area contributed by atoms with Crippen LogP contribution in [0.2, 0.25) is 0 Å². The van der Waals surface area contributed by atoms with Crippen LogP contribution < -0.4 is 0 Å². The molecule has 0 aromatic heterocycles. The van der Waals surface area contributed by atoms with Crippen molar-refractivity contribution < 1.29 is 19.1 Å². The van der Waals surface area contributed by atoms with E-state index in [1.807, 2.05) is 0 Å². The van der Waals surface area contributed by atoms with E-state index < -0.39 is 0 Å². The molecule has 0 amide bonds. The zero-order chi connectivity index (χ0) is 6.69. The monoisotopic (exact) mass is 153 g/mol. The average molecular weight is 153 g/mol. The van der Waals surface area contributed by atoms with E-state index in [9.17, 15) is 9.59 Å². The molecule has 0 saturated carbocycles. The summed E-state index contributed by atoms with van der Waals surface area (Å²) in [5.74, 6) is -0.748. The van der Waals surface area contributed by atoms with Crippen LogP contribution in [0.3, 0.4) is 0 Å². The molecule has 1 rings (SSSR count). The smallest absolute Gasteiger partial charge is 0.309 e. The third-order valence-corrected chi connectivity index (χ3v) is 0.973. The second-order valence-corrected chi connectivity index (χ2v) is 1.65. The second kappa shape index (κ2) is 4.71. The molecule has 1 radical (unpaired) electrons. The summed E-state index contributed by atoms with van der Waals surface area (Å²) < 4.78 is 8.78. The molecule has 0 aliphatic carbocycles. The fourth-order valence-corrected chi connectivity index (χ4v) is 0.509. The quantitative estimate of drug-likeness (QED) is 0.346. The summed E-state index contributed by atoms with van der Waals surface area (Å²) in [7, 11) is 0. The topological polar surface area (TPSA) is 52.6 Å². The summed E-state index contributed by atoms with van der Waals surface area (Å²) in [6.07, 6.45) is 0.275. The third-order valence-electron chi connectivity index (χ3n) is 0.973. The molecule has 1 heterocycles. The first kappa shape index (κ1) is 9.94. The first-order valence-electron chi connectivity index (χ1n) is 2.60. The van der Waals surface area contributed by atoms with E-state index in [0.717, 1.165) is 0 Å². The summed E-state index contributed by atoms with van der Waals surface area (Å²) in [6, 6.07) is 0. The van der Waals surface area contributed by atoms with E-state index in [1.165, 1.54) is 0 Å². The van der Waals surface area contributed by atoms with Crippen molar-refractivity contribution in [3.8, 4) is 0 Å². The first-order valence-corrected chi connectivity index (χ1v) is 2.60. The summed E-state index contributed by atoms with van der Waals surface area (Å²) in [4.78, 5) is 20.7. The number of esters is 2. The normalized spacial score (nSPS) is 18.0. The molecule has 0 spiro atoms. The molecule has 1 saturated heterocycles. The number of cyclic esters (lactones) is 2. The molecule has 10 heavy (non-hydrogen) atoms. The van der Waals surface area contributed by atoms with Crippen molar-refractivity contribution in [2.45, 2.75) is 12.8 Å². The van der Waals surface area contributed by atoms with Crippen molar-refractivity contribution in [2.24, 2.45) is 0 Å². The largest absolute Gasteiger partial charge is 0.428 e. The zero-order valence-electron chi connectivity index (χ0n) is 5.75. The Morgan fingerprint density at radius 1 is 1.00 bits per heavy atom. The molecular formula is C5H6NaO4. The maximum absolute atomic E-state index is 10.4. The zero-order valence-corrected chi connectivity index (χ0v) is 7.75. The molecule has 4 nitrogen and oxygen atoms in total. The van der Waals surface area contributed by atoms with Crippen molar-refractivity contribution in [1.29, 1.82) is 0 Å². The van der Waals surface area contributed by atoms with Crippen molar-refractivity contribution in [2.75, 3.05) is 6.79 Å². The molecule has 0 bridgehead atoms. The Morgan fingerprint density at radius 2 is 1.40 bits per heavy atom. The van der Waals surface area contributed by atoms with Gasteiger partial charge in [-0.2, -0.15) is 0 Å². The Kier molecular flexibility index (Phi) is 4.68. The van der Waals surface area contributed by atoms with Gasteiger partial charge in [-0.05, 0) is 0 Å². The van der Waals surface area contributed by atoms with Crippen LogP contribution in [0.1, 0.15) is 12.8 Å². The van der Waals surface area contributed by atoms with Crippen LogP contribution >= 0.6 is 0 Å². The Labute approximate surface area is 80.2 Å². The van der Waals surface area contributed by atoms with Crippen LogP contribution in [-0.2, 0) is 19.1 Å². The van der Waals surface area contributed by atoms with Gasteiger partial charge in [-0.3, -0.25) is 9.59 Å². The number of rotatable bonds is 0. The Morgan fingerprint density at radius 3 is 1.80 bits per heavy atom. The predicted octanol–water partition coefficient (Wildman–Crippen LogP) is -0.557. The van der Waals surface area contributed by atoms with Crippen LogP contribution in [0, 0.1) is 0 Å². The molecule has 0 N–H and O–H groups in total. The van der Waals surface area contributed by atoms with E-state index in [1.54, 1.807) is 0 Å². The van der Waals surface area contributed by atoms with Crippen molar-refractivity contribution >= 4 is 41.5 Å². The van der Waals surface area contributed by atoms with Gasteiger partial charge in [0, 0.05) is 29.6 Å². The third kappa shape index (κ3) is 3.20. The number of hydrogen-bond donors (Lipinski definition) is 0. The van der Waals surface area contributed by atoms with E-state index in [-0.39, 0.29) is 61.1 Å². The minimum absolute atomic E-state index is 0. The number of hydrogen-bond acceptors (Lipinski definition) is 4. The fourth-order valence-electron chi connectivity index (χ4n) is 0.509. The van der Waals surface area contributed by atoms with Gasteiger partial charge in [0.15, 0.2) is 0 Å². The van der Waals surface area contributed by atoms with Crippen LogP contribution in [0.25, 0.3) is 0 Å². The predicted molar refractivity (Wildman–Crippen MR) is 32.0 cm³/mol. The van der Waals surface area contributed by atoms with Gasteiger partial charge in [-0.25, -0.2) is 0 Å². The molecule has 0 unspecified atom stereocenters. The minimum atomic E-state index is -0.374. The van der Waals surface area contributed by atoms with Crippen molar-refractivity contribution in [1.82, 2.24) is 0 Å². The van der Waals surface area contributed by atoms with Gasteiger partial charge in [0.25, 0.3) is 0 Å². The van der Waals surface area contributed by atoms with Gasteiger partial charge in [0.2, 0.25) is 6.79 Å². The van der Waals surface area contributed by atoms with E-state index in [0.29, 0.717) is 0 Å². The van der Waals surface area contributed by atoms with Crippen molar-refractivity contribution in [3.05, 3.63) is 0 Å². The molecule has 1 aliphatic heterocycles. The summed E-state index contributed by atoms with van der Waals surface area (Å²) in [5, 5.41) is 0. The molecule has 51 valence electrons. The summed E-state index contributed by atoms with van der Waals surface area (Å²) in [6.45, 7) is -0.225. The molecule has 0 aromatic carbocycles. The minimum Gasteiger partial charge on any atom is -0.428 e. The van der Waals surface area contributed by atoms with Crippen LogP contribution in [0.5, 0.6) is 0 Å². The van der Waals surface area contributed by atoms with Gasteiger partial charge >= 0.3 is 11.9 Å². The molecule has 1 aliphatic rings. The molecular weight excluding hydrogens is 147 g/mol. The van der Waals surface area contributed by atoms with Crippen molar-refractivity contribution in [3.63, 3.8) is 0 Å². The first-order chi connectivity index (χ1) is 4.29. The second-order valence-electron chi connectivity index (χ2n) is 1.65. The Balaban J connectivity index is 0.000000810. The van der Waals surface area contributed by atoms with E-state index in [4.69, 9.17) is 0 Å². The van der Waals surface area contributed by atoms with Crippen LogP contribution in [0.15, 0.2) is 0 Å². The molecule has 1 fully saturated rings. The maximum atomic E-state index is 10.4. The molecule has 0 aromatic rings. The standard InChI is InChI=1S/C5H6O4.Na/c6-4-1-2-5(7)9-3-8-4;/h1-3H2;. The SMILES string of the molecule is O=C1CCC(=O)OCO1.[Na]. The van der Waals surface area contributed by atoms with E-state index in [2.05, 4.69) is 9.47 Å². The molecule has 5 heteroatoms. The van der Waals surface area contributed by atoms with Crippen LogP contribution in [-0.4, -0.2) is 48.3 Å². The van der Waals surface area contributed by atoms with Gasteiger partial charge in [-0.1, -0.05) is 0 Å². The van der Waals surface area contributed by atoms with Gasteiger partial charge in [0.05, 0.1) is 12.8 Å². The van der Waals surface area contributed by atoms with Gasteiger partial charge < -0.3 is 9.47 Å². The fraction of sp³-hybridized carbons (Fsp3) is 0.600. The van der Waals surface area contributed by atoms with Gasteiger partial charge in [-0.15, -0.1) is 0 Å².